The first-order chi connectivity index (χ1) is 11.1. The topological polar surface area (TPSA) is 63.5 Å². The number of furan rings is 1. The van der Waals surface area contributed by atoms with Crippen molar-refractivity contribution in [3.63, 3.8) is 0 Å². The summed E-state index contributed by atoms with van der Waals surface area (Å²) in [5, 5.41) is 6.08. The van der Waals surface area contributed by atoms with Gasteiger partial charge in [0.25, 0.3) is 0 Å². The number of carbonyl (C=O) groups excluding carboxylic acids is 1. The van der Waals surface area contributed by atoms with Crippen molar-refractivity contribution in [1.82, 2.24) is 0 Å². The average molecular weight is 314 g/mol. The van der Waals surface area contributed by atoms with Crippen LogP contribution in [-0.2, 0) is 11.3 Å². The van der Waals surface area contributed by atoms with Gasteiger partial charge in [0.2, 0.25) is 5.91 Å². The van der Waals surface area contributed by atoms with E-state index in [1.54, 1.807) is 7.11 Å². The van der Waals surface area contributed by atoms with Gasteiger partial charge in [-0.25, -0.2) is 0 Å². The third kappa shape index (κ3) is 3.67. The quantitative estimate of drug-likeness (QED) is 0.846. The summed E-state index contributed by atoms with van der Waals surface area (Å²) in [7, 11) is 1.62. The van der Waals surface area contributed by atoms with Crippen molar-refractivity contribution in [2.75, 3.05) is 17.7 Å². The lowest BCUT2D eigenvalue weighted by Crippen LogP contribution is -2.07. The molecular weight excluding hydrogens is 292 g/mol. The first-order valence-corrected chi connectivity index (χ1v) is 7.85. The summed E-state index contributed by atoms with van der Waals surface area (Å²) in [5.74, 6) is 3.91. The highest BCUT2D eigenvalue weighted by Crippen LogP contribution is 2.47. The molecule has 2 atom stereocenters. The van der Waals surface area contributed by atoms with Crippen molar-refractivity contribution in [3.05, 3.63) is 41.9 Å². The maximum atomic E-state index is 11.2. The van der Waals surface area contributed by atoms with Crippen LogP contribution in [0.15, 0.2) is 34.7 Å². The van der Waals surface area contributed by atoms with Crippen LogP contribution in [0.1, 0.15) is 37.7 Å². The monoisotopic (exact) mass is 314 g/mol. The molecule has 1 amide bonds. The zero-order valence-corrected chi connectivity index (χ0v) is 13.7. The molecule has 1 aliphatic carbocycles. The highest BCUT2D eigenvalue weighted by atomic mass is 16.5. The summed E-state index contributed by atoms with van der Waals surface area (Å²) >= 11 is 0. The second-order valence-electron chi connectivity index (χ2n) is 6.07. The molecule has 1 heterocycles. The highest BCUT2D eigenvalue weighted by molar-refractivity contribution is 5.89. The number of benzene rings is 1. The highest BCUT2D eigenvalue weighted by Gasteiger charge is 2.36. The van der Waals surface area contributed by atoms with Gasteiger partial charge >= 0.3 is 0 Å². The number of hydrogen-bond donors (Lipinski definition) is 2. The van der Waals surface area contributed by atoms with E-state index in [0.717, 1.165) is 34.6 Å². The van der Waals surface area contributed by atoms with Gasteiger partial charge in [0, 0.05) is 18.5 Å². The summed E-state index contributed by atoms with van der Waals surface area (Å²) < 4.78 is 11.3. The van der Waals surface area contributed by atoms with Gasteiger partial charge < -0.3 is 19.8 Å². The first kappa shape index (κ1) is 15.5. The number of ether oxygens (including phenoxy) is 1. The molecule has 0 unspecified atom stereocenters. The Morgan fingerprint density at radius 2 is 2.13 bits per heavy atom. The molecule has 122 valence electrons. The Bertz CT molecular complexity index is 708. The number of anilines is 2. The Hall–Kier alpha value is -2.43. The average Bonchev–Trinajstić information content (AvgIpc) is 3.07. The minimum atomic E-state index is -0.102. The number of methoxy groups -OCH3 is 1. The third-order valence-corrected chi connectivity index (χ3v) is 4.13. The van der Waals surface area contributed by atoms with E-state index in [1.807, 2.05) is 24.3 Å². The van der Waals surface area contributed by atoms with Gasteiger partial charge in [-0.3, -0.25) is 4.79 Å². The number of hydrogen-bond acceptors (Lipinski definition) is 4. The summed E-state index contributed by atoms with van der Waals surface area (Å²) in [6.07, 6.45) is 1.22. The first-order valence-electron chi connectivity index (χ1n) is 7.85. The maximum Gasteiger partial charge on any atom is 0.221 e. The molecule has 3 rings (SSSR count). The number of rotatable bonds is 6. The molecule has 1 aliphatic rings. The molecule has 0 bridgehead atoms. The summed E-state index contributed by atoms with van der Waals surface area (Å²) in [4.78, 5) is 11.2. The van der Waals surface area contributed by atoms with Crippen molar-refractivity contribution in [2.45, 2.75) is 32.7 Å². The van der Waals surface area contributed by atoms with E-state index in [1.165, 1.54) is 13.3 Å². The van der Waals surface area contributed by atoms with Crippen LogP contribution in [-0.4, -0.2) is 13.0 Å². The van der Waals surface area contributed by atoms with Gasteiger partial charge in [-0.15, -0.1) is 0 Å². The fourth-order valence-electron chi connectivity index (χ4n) is 2.72. The zero-order chi connectivity index (χ0) is 16.4. The molecule has 0 radical (unpaired) electrons. The Kier molecular flexibility index (Phi) is 4.28. The van der Waals surface area contributed by atoms with Gasteiger partial charge in [0.05, 0.1) is 19.3 Å². The lowest BCUT2D eigenvalue weighted by atomic mass is 10.2. The van der Waals surface area contributed by atoms with Crippen LogP contribution in [0, 0.1) is 5.92 Å². The summed E-state index contributed by atoms with van der Waals surface area (Å²) in [5.41, 5.74) is 1.55. The van der Waals surface area contributed by atoms with Crippen LogP contribution in [0.5, 0.6) is 5.75 Å². The van der Waals surface area contributed by atoms with Gasteiger partial charge in [0.15, 0.2) is 0 Å². The van der Waals surface area contributed by atoms with E-state index in [2.05, 4.69) is 23.6 Å². The second kappa shape index (κ2) is 6.36. The lowest BCUT2D eigenvalue weighted by Gasteiger charge is -2.12. The van der Waals surface area contributed by atoms with E-state index in [9.17, 15) is 4.79 Å². The third-order valence-electron chi connectivity index (χ3n) is 4.13. The molecule has 0 spiro atoms. The molecule has 5 heteroatoms. The van der Waals surface area contributed by atoms with Crippen LogP contribution in [0.25, 0.3) is 0 Å². The Balaban J connectivity index is 1.68. The fraction of sp³-hybridized carbons (Fsp3) is 0.389. The van der Waals surface area contributed by atoms with E-state index >= 15 is 0 Å². The predicted molar refractivity (Wildman–Crippen MR) is 89.9 cm³/mol. The lowest BCUT2D eigenvalue weighted by molar-refractivity contribution is -0.114. The summed E-state index contributed by atoms with van der Waals surface area (Å²) in [6.45, 7) is 4.30. The smallest absolute Gasteiger partial charge is 0.221 e. The molecule has 1 saturated carbocycles. The van der Waals surface area contributed by atoms with Crippen molar-refractivity contribution in [2.24, 2.45) is 5.92 Å². The standard InChI is InChI=1S/C18H22N2O3/c1-11-8-15(11)17-7-5-14(23-17)10-19-16-9-13(20-12(2)21)4-6-18(16)22-3/h4-7,9,11,15,19H,8,10H2,1-3H3,(H,20,21)/t11-,15+/m1/s1. The van der Waals surface area contributed by atoms with Gasteiger partial charge in [-0.2, -0.15) is 0 Å². The summed E-state index contributed by atoms with van der Waals surface area (Å²) in [6, 6.07) is 9.57. The molecule has 2 aromatic rings. The number of nitrogens with one attached hydrogen (secondary N) is 2. The Morgan fingerprint density at radius 1 is 1.35 bits per heavy atom. The molecule has 23 heavy (non-hydrogen) atoms. The van der Waals surface area contributed by atoms with Crippen molar-refractivity contribution in [3.8, 4) is 5.75 Å². The molecule has 1 aromatic heterocycles. The van der Waals surface area contributed by atoms with Crippen LogP contribution in [0.4, 0.5) is 11.4 Å². The van der Waals surface area contributed by atoms with Crippen molar-refractivity contribution in [1.29, 1.82) is 0 Å². The number of amides is 1. The molecular formula is C18H22N2O3. The maximum absolute atomic E-state index is 11.2. The van der Waals surface area contributed by atoms with E-state index < -0.39 is 0 Å². The van der Waals surface area contributed by atoms with Crippen molar-refractivity contribution < 1.29 is 13.9 Å². The van der Waals surface area contributed by atoms with Gasteiger partial charge in [-0.05, 0) is 42.7 Å². The van der Waals surface area contributed by atoms with Crippen LogP contribution in [0.3, 0.4) is 0 Å². The van der Waals surface area contributed by atoms with Gasteiger partial charge in [0.1, 0.15) is 17.3 Å². The Morgan fingerprint density at radius 3 is 2.78 bits per heavy atom. The predicted octanol–water partition coefficient (Wildman–Crippen LogP) is 3.98. The number of carbonyl (C=O) groups is 1. The van der Waals surface area contributed by atoms with Crippen LogP contribution >= 0.6 is 0 Å². The zero-order valence-electron chi connectivity index (χ0n) is 13.7. The van der Waals surface area contributed by atoms with Crippen LogP contribution in [0.2, 0.25) is 0 Å². The van der Waals surface area contributed by atoms with E-state index in [-0.39, 0.29) is 5.91 Å². The fourth-order valence-corrected chi connectivity index (χ4v) is 2.72. The molecule has 1 fully saturated rings. The molecule has 2 N–H and O–H groups in total. The second-order valence-corrected chi connectivity index (χ2v) is 6.07. The normalized spacial score (nSPS) is 19.3. The minimum absolute atomic E-state index is 0.102. The van der Waals surface area contributed by atoms with Crippen molar-refractivity contribution >= 4 is 17.3 Å². The van der Waals surface area contributed by atoms with Gasteiger partial charge in [-0.1, -0.05) is 6.92 Å². The molecule has 1 aromatic carbocycles. The SMILES string of the molecule is COc1ccc(NC(C)=O)cc1NCc1ccc([C@H]2C[C@H]2C)o1. The molecule has 0 saturated heterocycles. The Labute approximate surface area is 136 Å². The van der Waals surface area contributed by atoms with E-state index in [4.69, 9.17) is 9.15 Å². The molecule has 0 aliphatic heterocycles. The van der Waals surface area contributed by atoms with E-state index in [0.29, 0.717) is 12.5 Å². The largest absolute Gasteiger partial charge is 0.495 e. The molecule has 5 nitrogen and oxygen atoms in total. The van der Waals surface area contributed by atoms with Crippen LogP contribution < -0.4 is 15.4 Å². The minimum Gasteiger partial charge on any atom is -0.495 e.